The van der Waals surface area contributed by atoms with Gasteiger partial charge in [0.2, 0.25) is 0 Å². The molecule has 0 saturated carbocycles. The van der Waals surface area contributed by atoms with E-state index in [9.17, 15) is 4.79 Å². The summed E-state index contributed by atoms with van der Waals surface area (Å²) in [5.41, 5.74) is 3.93. The molecular formula is C18H25N2O+. The largest absolute Gasteiger partial charge is 0.353 e. The number of unbranched alkanes of at least 4 members (excludes halogenated alkanes) is 3. The van der Waals surface area contributed by atoms with Crippen LogP contribution in [0, 0.1) is 0 Å². The lowest BCUT2D eigenvalue weighted by Crippen LogP contribution is -2.93. The maximum absolute atomic E-state index is 11.3. The fourth-order valence-electron chi connectivity index (χ4n) is 3.58. The van der Waals surface area contributed by atoms with Gasteiger partial charge in [0.25, 0.3) is 0 Å². The van der Waals surface area contributed by atoms with Gasteiger partial charge in [-0.05, 0) is 18.1 Å². The molecule has 0 spiro atoms. The monoisotopic (exact) mass is 285 g/mol. The predicted molar refractivity (Wildman–Crippen MR) is 85.3 cm³/mol. The summed E-state index contributed by atoms with van der Waals surface area (Å²) >= 11 is 0. The Bertz CT molecular complexity index is 617. The van der Waals surface area contributed by atoms with Crippen LogP contribution < -0.4 is 5.32 Å². The number of quaternary nitrogens is 1. The van der Waals surface area contributed by atoms with E-state index >= 15 is 0 Å². The second-order valence-electron chi connectivity index (χ2n) is 6.22. The lowest BCUT2D eigenvalue weighted by Gasteiger charge is -2.25. The average Bonchev–Trinajstić information content (AvgIpc) is 2.90. The SMILES string of the molecule is CCCCCC[C@H]1[NH2+][C@H](C=O)Cc2c1[nH]c1ccccc21. The zero-order valence-corrected chi connectivity index (χ0v) is 12.8. The number of nitrogens with one attached hydrogen (secondary N) is 1. The number of aldehydes is 1. The smallest absolute Gasteiger partial charge is 0.177 e. The number of aromatic amines is 1. The Hall–Kier alpha value is -1.61. The van der Waals surface area contributed by atoms with Crippen LogP contribution in [0.25, 0.3) is 10.9 Å². The molecule has 0 unspecified atom stereocenters. The van der Waals surface area contributed by atoms with Gasteiger partial charge < -0.3 is 10.3 Å². The van der Waals surface area contributed by atoms with Crippen LogP contribution in [0.2, 0.25) is 0 Å². The number of H-pyrrole nitrogens is 1. The topological polar surface area (TPSA) is 49.5 Å². The summed E-state index contributed by atoms with van der Waals surface area (Å²) in [4.78, 5) is 14.9. The highest BCUT2D eigenvalue weighted by atomic mass is 16.1. The van der Waals surface area contributed by atoms with Gasteiger partial charge in [-0.25, -0.2) is 0 Å². The van der Waals surface area contributed by atoms with Gasteiger partial charge in [-0.2, -0.15) is 0 Å². The summed E-state index contributed by atoms with van der Waals surface area (Å²) in [7, 11) is 0. The van der Waals surface area contributed by atoms with Crippen molar-refractivity contribution in [2.24, 2.45) is 0 Å². The third-order valence-corrected chi connectivity index (χ3v) is 4.68. The van der Waals surface area contributed by atoms with Crippen LogP contribution in [-0.4, -0.2) is 17.3 Å². The first-order valence-electron chi connectivity index (χ1n) is 8.23. The van der Waals surface area contributed by atoms with Crippen molar-refractivity contribution in [3.63, 3.8) is 0 Å². The zero-order valence-electron chi connectivity index (χ0n) is 12.8. The van der Waals surface area contributed by atoms with Crippen molar-refractivity contribution in [1.29, 1.82) is 0 Å². The molecule has 0 aliphatic carbocycles. The molecule has 0 saturated heterocycles. The van der Waals surface area contributed by atoms with Gasteiger partial charge >= 0.3 is 0 Å². The number of hydrogen-bond donors (Lipinski definition) is 2. The van der Waals surface area contributed by atoms with Crippen molar-refractivity contribution in [3.8, 4) is 0 Å². The van der Waals surface area contributed by atoms with Gasteiger partial charge in [-0.1, -0.05) is 44.4 Å². The highest BCUT2D eigenvalue weighted by Gasteiger charge is 2.32. The summed E-state index contributed by atoms with van der Waals surface area (Å²) in [6.45, 7) is 2.24. The van der Waals surface area contributed by atoms with Gasteiger partial charge in [0, 0.05) is 23.7 Å². The molecule has 0 fully saturated rings. The first-order valence-corrected chi connectivity index (χ1v) is 8.23. The van der Waals surface area contributed by atoms with Gasteiger partial charge in [-0.3, -0.25) is 4.79 Å². The molecule has 21 heavy (non-hydrogen) atoms. The Morgan fingerprint density at radius 2 is 2.14 bits per heavy atom. The summed E-state index contributed by atoms with van der Waals surface area (Å²) in [6.07, 6.45) is 8.24. The van der Waals surface area contributed by atoms with Crippen molar-refractivity contribution in [3.05, 3.63) is 35.5 Å². The molecule has 112 valence electrons. The van der Waals surface area contributed by atoms with Crippen LogP contribution in [0.15, 0.2) is 24.3 Å². The number of carbonyl (C=O) groups excluding carboxylic acids is 1. The maximum Gasteiger partial charge on any atom is 0.177 e. The first-order chi connectivity index (χ1) is 10.3. The number of nitrogens with two attached hydrogens (primary N) is 1. The molecule has 3 heteroatoms. The molecule has 2 aromatic rings. The van der Waals surface area contributed by atoms with Crippen molar-refractivity contribution in [2.45, 2.75) is 57.5 Å². The van der Waals surface area contributed by atoms with Crippen molar-refractivity contribution < 1.29 is 10.1 Å². The van der Waals surface area contributed by atoms with E-state index in [-0.39, 0.29) is 6.04 Å². The standard InChI is InChI=1S/C18H24N2O/c1-2-3-4-5-10-17-18-15(11-13(12-21)19-17)14-8-6-7-9-16(14)20-18/h6-9,12-13,17,19-20H,2-5,10-11H2,1H3/p+1/t13-,17+/m0/s1. The fraction of sp³-hybridized carbons (Fsp3) is 0.500. The summed E-state index contributed by atoms with van der Waals surface area (Å²) in [5, 5.41) is 3.56. The number of para-hydroxylation sites is 1. The molecular weight excluding hydrogens is 260 g/mol. The fourth-order valence-corrected chi connectivity index (χ4v) is 3.58. The summed E-state index contributed by atoms with van der Waals surface area (Å²) < 4.78 is 0. The summed E-state index contributed by atoms with van der Waals surface area (Å²) in [6, 6.07) is 8.95. The van der Waals surface area contributed by atoms with Crippen LogP contribution in [0.4, 0.5) is 0 Å². The Morgan fingerprint density at radius 3 is 2.95 bits per heavy atom. The lowest BCUT2D eigenvalue weighted by atomic mass is 9.92. The second kappa shape index (κ2) is 6.44. The van der Waals surface area contributed by atoms with Gasteiger partial charge in [0.1, 0.15) is 12.1 Å². The average molecular weight is 285 g/mol. The summed E-state index contributed by atoms with van der Waals surface area (Å²) in [5.74, 6) is 0. The van der Waals surface area contributed by atoms with E-state index in [4.69, 9.17) is 0 Å². The predicted octanol–water partition coefficient (Wildman–Crippen LogP) is 2.87. The third kappa shape index (κ3) is 2.88. The van der Waals surface area contributed by atoms with Crippen LogP contribution in [0.3, 0.4) is 0 Å². The molecule has 0 amide bonds. The number of carbonyl (C=O) groups is 1. The minimum Gasteiger partial charge on any atom is -0.353 e. The minimum atomic E-state index is 0.0767. The van der Waals surface area contributed by atoms with E-state index in [1.165, 1.54) is 47.8 Å². The Kier molecular flexibility index (Phi) is 4.39. The molecule has 1 aliphatic heterocycles. The number of fused-ring (bicyclic) bond motifs is 3. The van der Waals surface area contributed by atoms with Gasteiger partial charge in [0.05, 0.1) is 5.69 Å². The first kappa shape index (κ1) is 14.3. The van der Waals surface area contributed by atoms with E-state index in [0.29, 0.717) is 6.04 Å². The highest BCUT2D eigenvalue weighted by molar-refractivity contribution is 5.85. The number of rotatable bonds is 6. The Labute approximate surface area is 126 Å². The molecule has 1 aliphatic rings. The van der Waals surface area contributed by atoms with Gasteiger partial charge in [-0.15, -0.1) is 0 Å². The maximum atomic E-state index is 11.3. The molecule has 3 nitrogen and oxygen atoms in total. The van der Waals surface area contributed by atoms with Gasteiger partial charge in [0.15, 0.2) is 6.29 Å². The Morgan fingerprint density at radius 1 is 1.29 bits per heavy atom. The molecule has 0 bridgehead atoms. The van der Waals surface area contributed by atoms with E-state index in [1.807, 2.05) is 0 Å². The van der Waals surface area contributed by atoms with Crippen molar-refractivity contribution >= 4 is 17.2 Å². The van der Waals surface area contributed by atoms with Crippen LogP contribution in [-0.2, 0) is 11.2 Å². The molecule has 1 aromatic heterocycles. The quantitative estimate of drug-likeness (QED) is 0.622. The molecule has 3 N–H and O–H groups in total. The molecule has 2 atom stereocenters. The van der Waals surface area contributed by atoms with E-state index in [2.05, 4.69) is 41.5 Å². The van der Waals surface area contributed by atoms with E-state index in [0.717, 1.165) is 19.1 Å². The van der Waals surface area contributed by atoms with Crippen molar-refractivity contribution in [1.82, 2.24) is 4.98 Å². The number of benzene rings is 1. The van der Waals surface area contributed by atoms with Crippen LogP contribution >= 0.6 is 0 Å². The number of aromatic nitrogens is 1. The normalized spacial score (nSPS) is 21.4. The molecule has 2 heterocycles. The third-order valence-electron chi connectivity index (χ3n) is 4.68. The molecule has 0 radical (unpaired) electrons. The number of hydrogen-bond acceptors (Lipinski definition) is 1. The lowest BCUT2D eigenvalue weighted by molar-refractivity contribution is -0.719. The van der Waals surface area contributed by atoms with E-state index in [1.54, 1.807) is 0 Å². The Balaban J connectivity index is 1.86. The molecule has 3 rings (SSSR count). The zero-order chi connectivity index (χ0) is 14.7. The van der Waals surface area contributed by atoms with E-state index < -0.39 is 0 Å². The highest BCUT2D eigenvalue weighted by Crippen LogP contribution is 2.30. The van der Waals surface area contributed by atoms with Crippen LogP contribution in [0.5, 0.6) is 0 Å². The minimum absolute atomic E-state index is 0.0767. The van der Waals surface area contributed by atoms with Crippen LogP contribution in [0.1, 0.15) is 56.3 Å². The van der Waals surface area contributed by atoms with Crippen molar-refractivity contribution in [2.75, 3.05) is 0 Å². The second-order valence-corrected chi connectivity index (χ2v) is 6.22. The molecule has 1 aromatic carbocycles.